The van der Waals surface area contributed by atoms with Gasteiger partial charge >= 0.3 is 6.03 Å². The molecule has 9 heteroatoms. The average molecular weight is 549 g/mol. The van der Waals surface area contributed by atoms with Crippen molar-refractivity contribution in [2.24, 2.45) is 5.92 Å². The lowest BCUT2D eigenvalue weighted by atomic mass is 9.89. The number of hydrogen-bond donors (Lipinski definition) is 3. The lowest BCUT2D eigenvalue weighted by molar-refractivity contribution is -0.134. The molecule has 2 aromatic carbocycles. The van der Waals surface area contributed by atoms with Gasteiger partial charge in [-0.25, -0.2) is 4.79 Å². The van der Waals surface area contributed by atoms with E-state index in [2.05, 4.69) is 16.0 Å². The van der Waals surface area contributed by atoms with Crippen molar-refractivity contribution in [2.45, 2.75) is 76.2 Å². The van der Waals surface area contributed by atoms with E-state index in [4.69, 9.17) is 9.47 Å². The summed E-state index contributed by atoms with van der Waals surface area (Å²) >= 11 is 0. The number of urea groups is 1. The summed E-state index contributed by atoms with van der Waals surface area (Å²) in [5.74, 6) is 0.877. The van der Waals surface area contributed by atoms with Crippen LogP contribution in [0.15, 0.2) is 48.5 Å². The Morgan fingerprint density at radius 2 is 1.77 bits per heavy atom. The van der Waals surface area contributed by atoms with E-state index in [-0.39, 0.29) is 42.7 Å². The minimum Gasteiger partial charge on any atom is -0.490 e. The van der Waals surface area contributed by atoms with Crippen LogP contribution in [0, 0.1) is 5.92 Å². The van der Waals surface area contributed by atoms with Crippen LogP contribution in [-0.4, -0.2) is 61.2 Å². The highest BCUT2D eigenvalue weighted by Crippen LogP contribution is 2.32. The van der Waals surface area contributed by atoms with Gasteiger partial charge < -0.3 is 30.3 Å². The van der Waals surface area contributed by atoms with E-state index in [1.807, 2.05) is 30.3 Å². The Kier molecular flexibility index (Phi) is 9.21. The van der Waals surface area contributed by atoms with Gasteiger partial charge in [-0.3, -0.25) is 9.59 Å². The van der Waals surface area contributed by atoms with Gasteiger partial charge in [0.15, 0.2) is 0 Å². The second-order valence-corrected chi connectivity index (χ2v) is 11.2. The fraction of sp³-hybridized carbons (Fsp3) is 0.516. The first-order valence-electron chi connectivity index (χ1n) is 14.5. The van der Waals surface area contributed by atoms with Crippen LogP contribution in [0.25, 0.3) is 0 Å². The molecule has 3 N–H and O–H groups in total. The molecule has 5 rings (SSSR count). The molecular formula is C31H40N4O5. The van der Waals surface area contributed by atoms with Crippen LogP contribution in [0.4, 0.5) is 10.5 Å². The molecule has 0 spiro atoms. The highest BCUT2D eigenvalue weighted by molar-refractivity contribution is 5.99. The number of rotatable bonds is 7. The largest absolute Gasteiger partial charge is 0.490 e. The van der Waals surface area contributed by atoms with Crippen LogP contribution in [0.3, 0.4) is 0 Å². The number of amides is 4. The zero-order valence-corrected chi connectivity index (χ0v) is 23.2. The second kappa shape index (κ2) is 13.2. The fourth-order valence-electron chi connectivity index (χ4n) is 5.99. The summed E-state index contributed by atoms with van der Waals surface area (Å²) in [6.07, 6.45) is 7.44. The highest BCUT2D eigenvalue weighted by atomic mass is 16.5. The van der Waals surface area contributed by atoms with Gasteiger partial charge in [-0.2, -0.15) is 0 Å². The van der Waals surface area contributed by atoms with Crippen LogP contribution in [0.1, 0.15) is 67.3 Å². The minimum atomic E-state index is -0.356. The summed E-state index contributed by atoms with van der Waals surface area (Å²) in [6.45, 7) is 1.43. The van der Waals surface area contributed by atoms with Gasteiger partial charge in [0.05, 0.1) is 24.1 Å². The minimum absolute atomic E-state index is 0.0309. The Balaban J connectivity index is 1.16. The van der Waals surface area contributed by atoms with Gasteiger partial charge in [0, 0.05) is 25.8 Å². The molecule has 2 aromatic rings. The van der Waals surface area contributed by atoms with E-state index < -0.39 is 0 Å². The number of nitrogens with one attached hydrogen (secondary N) is 3. The van der Waals surface area contributed by atoms with Crippen molar-refractivity contribution in [2.75, 3.05) is 25.5 Å². The maximum absolute atomic E-state index is 13.5. The Bertz CT molecular complexity index is 1180. The van der Waals surface area contributed by atoms with E-state index in [0.29, 0.717) is 42.3 Å². The molecule has 4 amide bonds. The van der Waals surface area contributed by atoms with Crippen molar-refractivity contribution >= 4 is 23.5 Å². The van der Waals surface area contributed by atoms with Gasteiger partial charge in [0.2, 0.25) is 5.91 Å². The number of benzene rings is 2. The highest BCUT2D eigenvalue weighted by Gasteiger charge is 2.39. The molecule has 9 nitrogen and oxygen atoms in total. The molecule has 1 saturated heterocycles. The summed E-state index contributed by atoms with van der Waals surface area (Å²) in [5.41, 5.74) is 1.89. The molecule has 214 valence electrons. The second-order valence-electron chi connectivity index (χ2n) is 11.2. The number of carbonyl (C=O) groups is 3. The number of nitrogens with zero attached hydrogens (tertiary/aromatic N) is 1. The summed E-state index contributed by atoms with van der Waals surface area (Å²) in [6, 6.07) is 14.2. The van der Waals surface area contributed by atoms with Gasteiger partial charge in [-0.1, -0.05) is 49.6 Å². The Hall–Kier alpha value is -3.59. The zero-order chi connectivity index (χ0) is 27.9. The predicted octanol–water partition coefficient (Wildman–Crippen LogP) is 4.48. The Morgan fingerprint density at radius 1 is 0.975 bits per heavy atom. The molecule has 3 aliphatic rings. The van der Waals surface area contributed by atoms with E-state index in [0.717, 1.165) is 18.5 Å². The van der Waals surface area contributed by atoms with E-state index in [1.54, 1.807) is 30.1 Å². The van der Waals surface area contributed by atoms with Crippen molar-refractivity contribution in [1.29, 1.82) is 0 Å². The summed E-state index contributed by atoms with van der Waals surface area (Å²) in [7, 11) is 1.78. The van der Waals surface area contributed by atoms with Crippen molar-refractivity contribution in [1.82, 2.24) is 15.5 Å². The third-order valence-electron chi connectivity index (χ3n) is 8.29. The standard InChI is InChI=1S/C31H40N4O5/c1-35-26-14-13-24(17-29(36)32-18-21-8-4-2-5-9-21)40-28(26)20-39-27-15-12-23(16-25(27)30(35)37)34-31(38)33-19-22-10-6-3-7-11-22/h3,6-7,10-12,15-16,21,24,26,28H,2,4-5,8-9,13-14,17-20H2,1H3,(H,32,36)(H2,33,34,38)/t24-,26-,28-/m1/s1. The molecule has 0 bridgehead atoms. The number of likely N-dealkylation sites (N-methyl/N-ethyl adjacent to an activating group) is 1. The van der Waals surface area contributed by atoms with E-state index in [1.165, 1.54) is 32.1 Å². The topological polar surface area (TPSA) is 109 Å². The molecule has 3 atom stereocenters. The lowest BCUT2D eigenvalue weighted by Gasteiger charge is -2.42. The zero-order valence-electron chi connectivity index (χ0n) is 23.2. The van der Waals surface area contributed by atoms with Crippen LogP contribution < -0.4 is 20.7 Å². The van der Waals surface area contributed by atoms with E-state index in [9.17, 15) is 14.4 Å². The van der Waals surface area contributed by atoms with Crippen molar-refractivity contribution in [3.8, 4) is 5.75 Å². The van der Waals surface area contributed by atoms with Crippen molar-refractivity contribution < 1.29 is 23.9 Å². The molecule has 2 fully saturated rings. The average Bonchev–Trinajstić information content (AvgIpc) is 2.98. The first-order chi connectivity index (χ1) is 19.5. The number of fused-ring (bicyclic) bond motifs is 2. The third-order valence-corrected chi connectivity index (χ3v) is 8.29. The quantitative estimate of drug-likeness (QED) is 0.473. The molecule has 1 aliphatic carbocycles. The van der Waals surface area contributed by atoms with Crippen LogP contribution >= 0.6 is 0 Å². The maximum atomic E-state index is 13.5. The van der Waals surface area contributed by atoms with Gasteiger partial charge in [-0.05, 0) is 55.4 Å². The summed E-state index contributed by atoms with van der Waals surface area (Å²) in [5, 5.41) is 8.74. The molecule has 0 unspecified atom stereocenters. The normalized spacial score (nSPS) is 23.1. The molecule has 2 heterocycles. The van der Waals surface area contributed by atoms with Crippen LogP contribution in [0.5, 0.6) is 5.75 Å². The van der Waals surface area contributed by atoms with E-state index >= 15 is 0 Å². The molecule has 1 saturated carbocycles. The maximum Gasteiger partial charge on any atom is 0.319 e. The number of carbonyl (C=O) groups excluding carboxylic acids is 3. The first-order valence-corrected chi connectivity index (χ1v) is 14.5. The smallest absolute Gasteiger partial charge is 0.319 e. The Morgan fingerprint density at radius 3 is 2.58 bits per heavy atom. The SMILES string of the molecule is CN1C(=O)c2cc(NC(=O)NCc3ccccc3)ccc2OC[C@H]2O[C@@H](CC(=O)NCC3CCCCC3)CC[C@H]21. The van der Waals surface area contributed by atoms with Gasteiger partial charge in [-0.15, -0.1) is 0 Å². The third kappa shape index (κ3) is 7.13. The molecule has 0 aromatic heterocycles. The number of anilines is 1. The molecule has 0 radical (unpaired) electrons. The van der Waals surface area contributed by atoms with Crippen molar-refractivity contribution in [3.05, 3.63) is 59.7 Å². The van der Waals surface area contributed by atoms with Crippen LogP contribution in [0.2, 0.25) is 0 Å². The van der Waals surface area contributed by atoms with Gasteiger partial charge in [0.1, 0.15) is 18.5 Å². The molecule has 2 aliphatic heterocycles. The Labute approximate surface area is 236 Å². The number of ether oxygens (including phenoxy) is 2. The molecule has 40 heavy (non-hydrogen) atoms. The summed E-state index contributed by atoms with van der Waals surface area (Å²) < 4.78 is 12.4. The molecular weight excluding hydrogens is 508 g/mol. The first kappa shape index (κ1) is 28.0. The summed E-state index contributed by atoms with van der Waals surface area (Å²) in [4.78, 5) is 40.3. The number of hydrogen-bond acceptors (Lipinski definition) is 5. The predicted molar refractivity (Wildman–Crippen MR) is 152 cm³/mol. The monoisotopic (exact) mass is 548 g/mol. The van der Waals surface area contributed by atoms with Gasteiger partial charge in [0.25, 0.3) is 5.91 Å². The van der Waals surface area contributed by atoms with Crippen molar-refractivity contribution in [3.63, 3.8) is 0 Å². The van der Waals surface area contributed by atoms with Crippen LogP contribution in [-0.2, 0) is 16.1 Å². The fourth-order valence-corrected chi connectivity index (χ4v) is 5.99. The lowest BCUT2D eigenvalue weighted by Crippen LogP contribution is -2.54.